The fraction of sp³-hybridized carbons (Fsp3) is 0.533. The molecule has 24 heavy (non-hydrogen) atoms. The van der Waals surface area contributed by atoms with Gasteiger partial charge in [-0.25, -0.2) is 0 Å². The van der Waals surface area contributed by atoms with Crippen molar-refractivity contribution in [2.75, 3.05) is 10.6 Å². The van der Waals surface area contributed by atoms with E-state index in [9.17, 15) is 25.1 Å². The first-order valence-corrected chi connectivity index (χ1v) is 7.54. The van der Waals surface area contributed by atoms with E-state index in [1.807, 2.05) is 20.8 Å². The maximum Gasteiger partial charge on any atom is 0.271 e. The van der Waals surface area contributed by atoms with Crippen molar-refractivity contribution in [1.29, 1.82) is 0 Å². The molecule has 5 N–H and O–H groups in total. The Morgan fingerprint density at radius 3 is 2.50 bits per heavy atom. The molecule has 9 nitrogen and oxygen atoms in total. The molecule has 0 radical (unpaired) electrons. The molecule has 0 spiro atoms. The number of fused-ring (bicyclic) bond motifs is 1. The van der Waals surface area contributed by atoms with E-state index >= 15 is 0 Å². The summed E-state index contributed by atoms with van der Waals surface area (Å²) >= 11 is 0. The summed E-state index contributed by atoms with van der Waals surface area (Å²) in [6.07, 6.45) is -2.23. The number of nitro groups is 1. The minimum Gasteiger partial charge on any atom is -0.369 e. The topological polar surface area (TPSA) is 137 Å². The summed E-state index contributed by atoms with van der Waals surface area (Å²) in [5, 5.41) is 38.4. The Kier molecular flexibility index (Phi) is 4.95. The van der Waals surface area contributed by atoms with E-state index in [-0.39, 0.29) is 23.6 Å². The van der Waals surface area contributed by atoms with Crippen LogP contribution in [0.25, 0.3) is 0 Å². The highest BCUT2D eigenvalue weighted by Gasteiger charge is 2.28. The first kappa shape index (κ1) is 18.0. The number of nitro benzene ring substituents is 1. The lowest BCUT2D eigenvalue weighted by Gasteiger charge is -2.31. The molecule has 132 valence electrons. The highest BCUT2D eigenvalue weighted by Crippen LogP contribution is 2.35. The number of carbonyl (C=O) groups excluding carboxylic acids is 1. The minimum atomic E-state index is -1.29. The van der Waals surface area contributed by atoms with Gasteiger partial charge >= 0.3 is 0 Å². The number of aliphatic hydroxyl groups excluding tert-OH is 2. The van der Waals surface area contributed by atoms with Crippen LogP contribution in [0.2, 0.25) is 0 Å². The number of non-ortho nitro benzene ring substituents is 1. The number of aliphatic hydroxyl groups is 2. The van der Waals surface area contributed by atoms with Gasteiger partial charge in [0.05, 0.1) is 16.3 Å². The van der Waals surface area contributed by atoms with Crippen molar-refractivity contribution < 1.29 is 19.9 Å². The molecule has 0 saturated heterocycles. The predicted octanol–water partition coefficient (Wildman–Crippen LogP) is 1.12. The monoisotopic (exact) mass is 338 g/mol. The number of hydrogen-bond donors (Lipinski definition) is 5. The molecular weight excluding hydrogens is 316 g/mol. The maximum atomic E-state index is 12.0. The summed E-state index contributed by atoms with van der Waals surface area (Å²) in [7, 11) is 0. The lowest BCUT2D eigenvalue weighted by Crippen LogP contribution is -2.43. The predicted molar refractivity (Wildman–Crippen MR) is 88.3 cm³/mol. The number of amides is 1. The zero-order chi connectivity index (χ0) is 18.1. The molecule has 1 aliphatic heterocycles. The fourth-order valence-corrected chi connectivity index (χ4v) is 2.42. The number of anilines is 2. The summed E-state index contributed by atoms with van der Waals surface area (Å²) in [4.78, 5) is 22.5. The van der Waals surface area contributed by atoms with Crippen LogP contribution >= 0.6 is 0 Å². The van der Waals surface area contributed by atoms with Crippen LogP contribution in [0.3, 0.4) is 0 Å². The second-order valence-corrected chi connectivity index (χ2v) is 6.98. The third kappa shape index (κ3) is 4.33. The summed E-state index contributed by atoms with van der Waals surface area (Å²) in [5.41, 5.74) is 0.801. The third-order valence-electron chi connectivity index (χ3n) is 3.48. The highest BCUT2D eigenvalue weighted by atomic mass is 16.6. The largest absolute Gasteiger partial charge is 0.369 e. The molecule has 0 saturated carbocycles. The first-order chi connectivity index (χ1) is 11.1. The number of hydrogen-bond acceptors (Lipinski definition) is 7. The Bertz CT molecular complexity index is 656. The number of benzene rings is 1. The van der Waals surface area contributed by atoms with Crippen LogP contribution in [0, 0.1) is 15.5 Å². The van der Waals surface area contributed by atoms with Crippen molar-refractivity contribution >= 4 is 23.0 Å². The maximum absolute atomic E-state index is 12.0. The standard InChI is InChI=1S/C15H22N4O5/c1-15(2,3)6-11(20)16-7-8-4-9(19(23)24)5-10-12(8)18-14(22)13(21)17-10/h4-5,13-14,17-18,21-22H,6-7H2,1-3H3,(H,16,20). The molecule has 2 unspecified atom stereocenters. The molecule has 0 aromatic heterocycles. The molecule has 0 bridgehead atoms. The highest BCUT2D eigenvalue weighted by molar-refractivity contribution is 5.80. The Hall–Kier alpha value is -2.39. The summed E-state index contributed by atoms with van der Waals surface area (Å²) in [6, 6.07) is 2.59. The van der Waals surface area contributed by atoms with Gasteiger partial charge < -0.3 is 26.2 Å². The van der Waals surface area contributed by atoms with Crippen LogP contribution < -0.4 is 16.0 Å². The van der Waals surface area contributed by atoms with Gasteiger partial charge in [-0.1, -0.05) is 20.8 Å². The van der Waals surface area contributed by atoms with Crippen LogP contribution in [0.1, 0.15) is 32.8 Å². The van der Waals surface area contributed by atoms with E-state index in [0.717, 1.165) is 0 Å². The van der Waals surface area contributed by atoms with Gasteiger partial charge in [0.25, 0.3) is 5.69 Å². The van der Waals surface area contributed by atoms with Gasteiger partial charge in [-0.3, -0.25) is 14.9 Å². The van der Waals surface area contributed by atoms with E-state index in [2.05, 4.69) is 16.0 Å². The molecule has 0 aliphatic carbocycles. The van der Waals surface area contributed by atoms with Gasteiger partial charge in [0, 0.05) is 30.7 Å². The first-order valence-electron chi connectivity index (χ1n) is 7.54. The van der Waals surface area contributed by atoms with Crippen molar-refractivity contribution in [2.45, 2.75) is 46.2 Å². The van der Waals surface area contributed by atoms with Crippen molar-refractivity contribution in [3.63, 3.8) is 0 Å². The fourth-order valence-electron chi connectivity index (χ4n) is 2.42. The molecule has 0 fully saturated rings. The Morgan fingerprint density at radius 1 is 1.29 bits per heavy atom. The number of nitrogens with zero attached hydrogens (tertiary/aromatic N) is 1. The normalized spacial score (nSPS) is 19.7. The molecule has 1 aromatic rings. The van der Waals surface area contributed by atoms with Crippen LogP contribution in [0.15, 0.2) is 12.1 Å². The van der Waals surface area contributed by atoms with Gasteiger partial charge in [0.2, 0.25) is 5.91 Å². The third-order valence-corrected chi connectivity index (χ3v) is 3.48. The average Bonchev–Trinajstić information content (AvgIpc) is 2.44. The molecular formula is C15H22N4O5. The van der Waals surface area contributed by atoms with Gasteiger partial charge in [-0.2, -0.15) is 0 Å². The van der Waals surface area contributed by atoms with Gasteiger partial charge in [-0.05, 0) is 5.41 Å². The number of carbonyl (C=O) groups is 1. The molecule has 1 heterocycles. The molecule has 1 amide bonds. The van der Waals surface area contributed by atoms with Crippen molar-refractivity contribution in [3.05, 3.63) is 27.8 Å². The lowest BCUT2D eigenvalue weighted by molar-refractivity contribution is -0.384. The Labute approximate surface area is 139 Å². The zero-order valence-corrected chi connectivity index (χ0v) is 13.8. The Morgan fingerprint density at radius 2 is 1.92 bits per heavy atom. The summed E-state index contributed by atoms with van der Waals surface area (Å²) in [5.74, 6) is -0.174. The summed E-state index contributed by atoms with van der Waals surface area (Å²) < 4.78 is 0. The average molecular weight is 338 g/mol. The van der Waals surface area contributed by atoms with Gasteiger partial charge in [0.15, 0.2) is 12.5 Å². The molecule has 1 aliphatic rings. The number of nitrogens with one attached hydrogen (secondary N) is 3. The van der Waals surface area contributed by atoms with E-state index in [1.165, 1.54) is 12.1 Å². The lowest BCUT2D eigenvalue weighted by atomic mass is 9.92. The van der Waals surface area contributed by atoms with Crippen LogP contribution in [0.4, 0.5) is 17.1 Å². The zero-order valence-electron chi connectivity index (χ0n) is 13.8. The SMILES string of the molecule is CC(C)(C)CC(=O)NCc1cc([N+](=O)[O-])cc2c1NC(O)C(O)N2. The Balaban J connectivity index is 2.25. The van der Waals surface area contributed by atoms with Gasteiger partial charge in [0.1, 0.15) is 0 Å². The summed E-state index contributed by atoms with van der Waals surface area (Å²) in [6.45, 7) is 5.87. The van der Waals surface area contributed by atoms with E-state index in [4.69, 9.17) is 0 Å². The van der Waals surface area contributed by atoms with Gasteiger partial charge in [-0.15, -0.1) is 0 Å². The quantitative estimate of drug-likeness (QED) is 0.410. The van der Waals surface area contributed by atoms with Crippen LogP contribution in [-0.2, 0) is 11.3 Å². The second-order valence-electron chi connectivity index (χ2n) is 6.98. The van der Waals surface area contributed by atoms with Crippen LogP contribution in [-0.4, -0.2) is 33.5 Å². The second kappa shape index (κ2) is 6.62. The molecule has 9 heteroatoms. The van der Waals surface area contributed by atoms with E-state index < -0.39 is 17.4 Å². The van der Waals surface area contributed by atoms with Crippen molar-refractivity contribution in [1.82, 2.24) is 5.32 Å². The minimum absolute atomic E-state index is 0.0659. The van der Waals surface area contributed by atoms with Crippen molar-refractivity contribution in [2.24, 2.45) is 5.41 Å². The molecule has 2 rings (SSSR count). The molecule has 2 atom stereocenters. The molecule has 1 aromatic carbocycles. The van der Waals surface area contributed by atoms with Crippen LogP contribution in [0.5, 0.6) is 0 Å². The van der Waals surface area contributed by atoms with E-state index in [0.29, 0.717) is 23.4 Å². The van der Waals surface area contributed by atoms with E-state index in [1.54, 1.807) is 0 Å². The number of rotatable bonds is 4. The van der Waals surface area contributed by atoms with Crippen molar-refractivity contribution in [3.8, 4) is 0 Å². The smallest absolute Gasteiger partial charge is 0.271 e.